The summed E-state index contributed by atoms with van der Waals surface area (Å²) in [6.07, 6.45) is 0. The predicted octanol–water partition coefficient (Wildman–Crippen LogP) is 0.346. The minimum absolute atomic E-state index is 0.0930. The van der Waals surface area contributed by atoms with Crippen LogP contribution in [0.25, 0.3) is 0 Å². The molecule has 0 spiro atoms. The third-order valence-corrected chi connectivity index (χ3v) is 2.17. The van der Waals surface area contributed by atoms with E-state index in [0.29, 0.717) is 0 Å². The summed E-state index contributed by atoms with van der Waals surface area (Å²) >= 11 is 5.90. The molecule has 0 amide bonds. The molecule has 8 heteroatoms. The van der Waals surface area contributed by atoms with Crippen LogP contribution in [-0.2, 0) is 4.74 Å². The predicted molar refractivity (Wildman–Crippen MR) is 69.9 cm³/mol. The number of benzene rings is 1. The summed E-state index contributed by atoms with van der Waals surface area (Å²) in [5.41, 5.74) is 16.1. The van der Waals surface area contributed by atoms with Crippen LogP contribution in [0.1, 0.15) is 10.4 Å². The Balaban J connectivity index is 3.29. The Morgan fingerprint density at radius 1 is 1.33 bits per heavy atom. The van der Waals surface area contributed by atoms with Crippen molar-refractivity contribution in [3.8, 4) is 0 Å². The maximum Gasteiger partial charge on any atom is 0.341 e. The van der Waals surface area contributed by atoms with Gasteiger partial charge in [0, 0.05) is 0 Å². The van der Waals surface area contributed by atoms with Gasteiger partial charge in [0.2, 0.25) is 5.96 Å². The maximum absolute atomic E-state index is 11.6. The van der Waals surface area contributed by atoms with Crippen LogP contribution in [-0.4, -0.2) is 25.0 Å². The van der Waals surface area contributed by atoms with Crippen molar-refractivity contribution in [3.05, 3.63) is 28.8 Å². The quantitative estimate of drug-likeness (QED) is 0.405. The van der Waals surface area contributed by atoms with Gasteiger partial charge in [0.25, 0.3) is 0 Å². The zero-order valence-corrected chi connectivity index (χ0v) is 10.3. The molecule has 0 aliphatic carbocycles. The number of guanidine groups is 2. The zero-order chi connectivity index (χ0) is 13.7. The second kappa shape index (κ2) is 5.87. The van der Waals surface area contributed by atoms with Crippen molar-refractivity contribution < 1.29 is 9.53 Å². The van der Waals surface area contributed by atoms with Crippen LogP contribution in [0.3, 0.4) is 0 Å². The lowest BCUT2D eigenvalue weighted by Gasteiger charge is -2.05. The van der Waals surface area contributed by atoms with Gasteiger partial charge in [-0.3, -0.25) is 0 Å². The molecule has 0 saturated carbocycles. The Hall–Kier alpha value is -2.28. The molecule has 0 fully saturated rings. The summed E-state index contributed by atoms with van der Waals surface area (Å²) in [6.45, 7) is 0. The van der Waals surface area contributed by atoms with E-state index in [1.165, 1.54) is 19.2 Å². The van der Waals surface area contributed by atoms with Gasteiger partial charge in [0.1, 0.15) is 5.56 Å². The highest BCUT2D eigenvalue weighted by Gasteiger charge is 2.15. The maximum atomic E-state index is 11.6. The summed E-state index contributed by atoms with van der Waals surface area (Å²) in [6, 6.07) is 4.67. The van der Waals surface area contributed by atoms with Crippen molar-refractivity contribution in [2.24, 2.45) is 27.2 Å². The number of ether oxygens (including phenoxy) is 1. The molecule has 0 unspecified atom stereocenters. The number of esters is 1. The summed E-state index contributed by atoms with van der Waals surface area (Å²) in [5, 5.41) is 0.195. The lowest BCUT2D eigenvalue weighted by atomic mass is 10.2. The van der Waals surface area contributed by atoms with Crippen LogP contribution in [0.15, 0.2) is 28.2 Å². The molecule has 1 rings (SSSR count). The fraction of sp³-hybridized carbons (Fsp3) is 0.100. The Kier molecular flexibility index (Phi) is 4.50. The number of rotatable bonds is 2. The molecular weight excluding hydrogens is 258 g/mol. The molecule has 6 N–H and O–H groups in total. The highest BCUT2D eigenvalue weighted by atomic mass is 35.5. The van der Waals surface area contributed by atoms with Gasteiger partial charge in [-0.25, -0.2) is 9.79 Å². The molecular formula is C10H12ClN5O2. The zero-order valence-electron chi connectivity index (χ0n) is 9.55. The van der Waals surface area contributed by atoms with E-state index in [4.69, 9.17) is 28.8 Å². The fourth-order valence-electron chi connectivity index (χ4n) is 1.19. The van der Waals surface area contributed by atoms with E-state index in [1.807, 2.05) is 0 Å². The summed E-state index contributed by atoms with van der Waals surface area (Å²) in [7, 11) is 1.23. The molecule has 0 saturated heterocycles. The number of nitrogens with zero attached hydrogens (tertiary/aromatic N) is 2. The molecule has 0 radical (unpaired) electrons. The molecule has 18 heavy (non-hydrogen) atoms. The number of carbonyl (C=O) groups excluding carboxylic acids is 1. The molecule has 0 atom stereocenters. The van der Waals surface area contributed by atoms with Crippen LogP contribution in [0.5, 0.6) is 0 Å². The largest absolute Gasteiger partial charge is 0.465 e. The summed E-state index contributed by atoms with van der Waals surface area (Å²) in [5.74, 6) is -1.06. The Bertz CT molecular complexity index is 523. The normalized spacial score (nSPS) is 10.9. The van der Waals surface area contributed by atoms with Crippen LogP contribution in [0.2, 0.25) is 5.02 Å². The first-order chi connectivity index (χ1) is 8.45. The van der Waals surface area contributed by atoms with Crippen molar-refractivity contribution in [1.29, 1.82) is 0 Å². The van der Waals surface area contributed by atoms with Gasteiger partial charge in [0.15, 0.2) is 5.96 Å². The lowest BCUT2D eigenvalue weighted by molar-refractivity contribution is 0.0602. The average molecular weight is 270 g/mol. The van der Waals surface area contributed by atoms with Crippen molar-refractivity contribution in [3.63, 3.8) is 0 Å². The van der Waals surface area contributed by atoms with E-state index in [-0.39, 0.29) is 28.2 Å². The third-order valence-electron chi connectivity index (χ3n) is 1.86. The van der Waals surface area contributed by atoms with Gasteiger partial charge in [-0.15, -0.1) is 0 Å². The second-order valence-electron chi connectivity index (χ2n) is 3.13. The van der Waals surface area contributed by atoms with Crippen molar-refractivity contribution >= 4 is 35.2 Å². The van der Waals surface area contributed by atoms with Gasteiger partial charge < -0.3 is 21.9 Å². The topological polar surface area (TPSA) is 129 Å². The first-order valence-electron chi connectivity index (χ1n) is 4.76. The molecule has 0 heterocycles. The lowest BCUT2D eigenvalue weighted by Crippen LogP contribution is -2.26. The third kappa shape index (κ3) is 3.36. The molecule has 0 bridgehead atoms. The summed E-state index contributed by atoms with van der Waals surface area (Å²) < 4.78 is 4.60. The van der Waals surface area contributed by atoms with Crippen LogP contribution < -0.4 is 17.2 Å². The molecule has 1 aromatic carbocycles. The Morgan fingerprint density at radius 2 is 2.00 bits per heavy atom. The van der Waals surface area contributed by atoms with E-state index < -0.39 is 5.97 Å². The van der Waals surface area contributed by atoms with Crippen molar-refractivity contribution in [2.75, 3.05) is 7.11 Å². The van der Waals surface area contributed by atoms with Crippen LogP contribution in [0.4, 0.5) is 5.69 Å². The summed E-state index contributed by atoms with van der Waals surface area (Å²) in [4.78, 5) is 19.0. The smallest absolute Gasteiger partial charge is 0.341 e. The van der Waals surface area contributed by atoms with E-state index in [1.54, 1.807) is 6.07 Å². The Labute approximate surface area is 108 Å². The number of hydrogen-bond acceptors (Lipinski definition) is 3. The standard InChI is InChI=1S/C10H12ClN5O2/c1-18-8(17)7-5(11)3-2-4-6(7)15-10(14)16-9(12)13/h2-4H,1H3,(H6,12,13,14,15,16). The number of aliphatic imine (C=N–C) groups is 2. The van der Waals surface area contributed by atoms with Gasteiger partial charge in [-0.05, 0) is 12.1 Å². The number of methoxy groups -OCH3 is 1. The second-order valence-corrected chi connectivity index (χ2v) is 3.54. The van der Waals surface area contributed by atoms with Gasteiger partial charge in [0.05, 0.1) is 17.8 Å². The van der Waals surface area contributed by atoms with E-state index in [0.717, 1.165) is 0 Å². The number of nitrogens with two attached hydrogens (primary N) is 3. The van der Waals surface area contributed by atoms with Gasteiger partial charge >= 0.3 is 5.97 Å². The molecule has 0 aliphatic heterocycles. The van der Waals surface area contributed by atoms with Crippen LogP contribution in [0, 0.1) is 0 Å². The first-order valence-corrected chi connectivity index (χ1v) is 5.14. The first kappa shape index (κ1) is 13.8. The monoisotopic (exact) mass is 269 g/mol. The van der Waals surface area contributed by atoms with E-state index in [2.05, 4.69) is 14.7 Å². The van der Waals surface area contributed by atoms with Gasteiger partial charge in [-0.1, -0.05) is 17.7 Å². The minimum atomic E-state index is -0.628. The minimum Gasteiger partial charge on any atom is -0.465 e. The number of carbonyl (C=O) groups is 1. The highest BCUT2D eigenvalue weighted by Crippen LogP contribution is 2.27. The highest BCUT2D eigenvalue weighted by molar-refractivity contribution is 6.34. The van der Waals surface area contributed by atoms with Gasteiger partial charge in [-0.2, -0.15) is 4.99 Å². The SMILES string of the molecule is COC(=O)c1c(Cl)cccc1N=C(N)N=C(N)N. The van der Waals surface area contributed by atoms with Crippen LogP contribution >= 0.6 is 11.6 Å². The number of hydrogen-bond donors (Lipinski definition) is 3. The van der Waals surface area contributed by atoms with Crippen molar-refractivity contribution in [2.45, 2.75) is 0 Å². The van der Waals surface area contributed by atoms with E-state index in [9.17, 15) is 4.79 Å². The van der Waals surface area contributed by atoms with Crippen molar-refractivity contribution in [1.82, 2.24) is 0 Å². The van der Waals surface area contributed by atoms with E-state index >= 15 is 0 Å². The molecule has 7 nitrogen and oxygen atoms in total. The fourth-order valence-corrected chi connectivity index (χ4v) is 1.44. The molecule has 96 valence electrons. The number of halogens is 1. The molecule has 0 aliphatic rings. The average Bonchev–Trinajstić information content (AvgIpc) is 2.27. The molecule has 1 aromatic rings. The molecule has 0 aromatic heterocycles. The Morgan fingerprint density at radius 3 is 2.56 bits per heavy atom.